The van der Waals surface area contributed by atoms with E-state index in [1.54, 1.807) is 6.92 Å². The highest BCUT2D eigenvalue weighted by Crippen LogP contribution is 3.02. The van der Waals surface area contributed by atoms with Gasteiger partial charge in [-0.2, -0.15) is 23.5 Å². The number of aryl methyl sites for hydroxylation is 2. The number of nitrogens with zero attached hydrogens (tertiary/aromatic N) is 6. The summed E-state index contributed by atoms with van der Waals surface area (Å²) in [6.45, 7) is 1.59. The predicted octanol–water partition coefficient (Wildman–Crippen LogP) is 5.44. The maximum absolute atomic E-state index is 13.6. The number of hydrogen-bond acceptors (Lipinski definition) is 5. The molecule has 1 aromatic carbocycles. The Morgan fingerprint density at radius 2 is 1.83 bits per heavy atom. The highest BCUT2D eigenvalue weighted by Gasteiger charge is 2.71. The van der Waals surface area contributed by atoms with E-state index in [-0.39, 0.29) is 26.2 Å². The van der Waals surface area contributed by atoms with E-state index in [4.69, 9.17) is 5.26 Å². The van der Waals surface area contributed by atoms with E-state index in [9.17, 15) is 37.4 Å². The monoisotopic (exact) mass is 541 g/mol. The molecule has 1 aliphatic carbocycles. The topological polar surface area (TPSA) is 101 Å². The molecule has 0 spiro atoms. The van der Waals surface area contributed by atoms with Gasteiger partial charge in [0.25, 0.3) is 5.91 Å². The average molecular weight is 541 g/mol. The summed E-state index contributed by atoms with van der Waals surface area (Å²) in [5, 5.41) is 17.9. The minimum Gasteiger partial charge on any atom is -0.334 e. The van der Waals surface area contributed by atoms with Crippen molar-refractivity contribution in [3.05, 3.63) is 41.1 Å². The summed E-state index contributed by atoms with van der Waals surface area (Å²) in [6, 6.07) is 6.20. The first-order chi connectivity index (χ1) is 16.2. The van der Waals surface area contributed by atoms with Gasteiger partial charge < -0.3 is 5.32 Å². The van der Waals surface area contributed by atoms with Crippen LogP contribution in [0.5, 0.6) is 0 Å². The lowest BCUT2D eigenvalue weighted by Gasteiger charge is -2.39. The van der Waals surface area contributed by atoms with Crippen molar-refractivity contribution in [1.29, 1.82) is 5.26 Å². The van der Waals surface area contributed by atoms with Gasteiger partial charge in [0, 0.05) is 18.2 Å². The third-order valence-electron chi connectivity index (χ3n) is 5.44. The molecule has 0 saturated heterocycles. The van der Waals surface area contributed by atoms with Crippen LogP contribution >= 0.6 is 10.2 Å². The molecule has 2 heterocycles. The van der Waals surface area contributed by atoms with E-state index >= 15 is 0 Å². The van der Waals surface area contributed by atoms with Crippen molar-refractivity contribution in [2.45, 2.75) is 36.5 Å². The molecule has 4 rings (SSSR count). The van der Waals surface area contributed by atoms with Crippen LogP contribution in [0, 0.1) is 18.3 Å². The van der Waals surface area contributed by atoms with E-state index in [1.807, 2.05) is 6.07 Å². The van der Waals surface area contributed by atoms with E-state index < -0.39 is 44.3 Å². The molecule has 0 aliphatic heterocycles. The normalized spacial score (nSPS) is 17.1. The Labute approximate surface area is 197 Å². The zero-order valence-electron chi connectivity index (χ0n) is 18.2. The molecule has 1 amide bonds. The van der Waals surface area contributed by atoms with Gasteiger partial charge in [0.2, 0.25) is 5.03 Å². The smallest absolute Gasteiger partial charge is 0.334 e. The van der Waals surface area contributed by atoms with Gasteiger partial charge in [0.1, 0.15) is 16.8 Å². The molecule has 36 heavy (non-hydrogen) atoms. The lowest BCUT2D eigenvalue weighted by Crippen LogP contribution is -2.35. The van der Waals surface area contributed by atoms with Crippen molar-refractivity contribution >= 4 is 16.1 Å². The summed E-state index contributed by atoms with van der Waals surface area (Å²) in [6.07, 6.45) is -4.15. The molecule has 8 nitrogen and oxygen atoms in total. The van der Waals surface area contributed by atoms with Crippen LogP contribution in [-0.4, -0.2) is 36.2 Å². The standard InChI is InChI=1S/C19H15F8N7OS/c1-10-3-4-11(7-12(10)15(35)29-18(9-28)5-6-18)13-8-34(32-30-13)17-14(19(20,21)22)16(31-33(17)2)36(23,24,25,26)27/h3-4,7-8H,5-6H2,1-2H3,(H,29,35). The van der Waals surface area contributed by atoms with Gasteiger partial charge in [-0.3, -0.25) is 4.79 Å². The van der Waals surface area contributed by atoms with E-state index in [0.29, 0.717) is 25.5 Å². The fourth-order valence-corrected chi connectivity index (χ4v) is 4.34. The Balaban J connectivity index is 1.79. The number of nitriles is 1. The third-order valence-corrected chi connectivity index (χ3v) is 6.46. The van der Waals surface area contributed by atoms with Crippen LogP contribution in [0.2, 0.25) is 0 Å². The number of rotatable bonds is 5. The van der Waals surface area contributed by atoms with Crippen molar-refractivity contribution in [2.24, 2.45) is 7.05 Å². The van der Waals surface area contributed by atoms with E-state index in [0.717, 1.165) is 6.20 Å². The van der Waals surface area contributed by atoms with Crippen molar-refractivity contribution in [2.75, 3.05) is 0 Å². The highest BCUT2D eigenvalue weighted by atomic mass is 32.5. The molecule has 1 fully saturated rings. The Kier molecular flexibility index (Phi) is 4.91. The number of aromatic nitrogens is 5. The van der Waals surface area contributed by atoms with Crippen LogP contribution in [0.25, 0.3) is 17.1 Å². The number of hydrogen-bond donors (Lipinski definition) is 1. The van der Waals surface area contributed by atoms with Crippen molar-refractivity contribution in [3.63, 3.8) is 0 Å². The largest absolute Gasteiger partial charge is 0.423 e. The Hall–Kier alpha value is -3.68. The molecule has 1 N–H and O–H groups in total. The molecule has 3 aromatic rings. The van der Waals surface area contributed by atoms with Crippen LogP contribution < -0.4 is 5.32 Å². The maximum atomic E-state index is 13.6. The van der Waals surface area contributed by atoms with Crippen molar-refractivity contribution in [3.8, 4) is 23.1 Å². The van der Waals surface area contributed by atoms with Gasteiger partial charge in [0.15, 0.2) is 5.82 Å². The Morgan fingerprint density at radius 1 is 1.19 bits per heavy atom. The summed E-state index contributed by atoms with van der Waals surface area (Å²) in [5.74, 6) is -2.02. The fraction of sp³-hybridized carbons (Fsp3) is 0.316. The first kappa shape index (κ1) is 25.4. The average Bonchev–Trinajstić information content (AvgIpc) is 3.14. The maximum Gasteiger partial charge on any atom is 0.423 e. The number of carbonyl (C=O) groups excluding carboxylic acids is 1. The quantitative estimate of drug-likeness (QED) is 0.434. The van der Waals surface area contributed by atoms with E-state index in [2.05, 4.69) is 20.7 Å². The van der Waals surface area contributed by atoms with Crippen LogP contribution in [-0.2, 0) is 13.2 Å². The third kappa shape index (κ3) is 4.59. The van der Waals surface area contributed by atoms with Gasteiger partial charge in [-0.05, 0) is 31.4 Å². The van der Waals surface area contributed by atoms with Crippen LogP contribution in [0.3, 0.4) is 0 Å². The Bertz CT molecular complexity index is 1450. The lowest BCUT2D eigenvalue weighted by atomic mass is 10.0. The molecule has 1 aliphatic rings. The molecular weight excluding hydrogens is 526 g/mol. The minimum atomic E-state index is -10.8. The molecule has 1 saturated carbocycles. The molecule has 2 aromatic heterocycles. The van der Waals surface area contributed by atoms with Gasteiger partial charge in [-0.1, -0.05) is 36.8 Å². The van der Waals surface area contributed by atoms with E-state index in [1.165, 1.54) is 18.2 Å². The van der Waals surface area contributed by atoms with Crippen LogP contribution in [0.1, 0.15) is 34.3 Å². The molecule has 194 valence electrons. The molecule has 0 bridgehead atoms. The zero-order valence-corrected chi connectivity index (χ0v) is 19.1. The number of halogens is 8. The van der Waals surface area contributed by atoms with Gasteiger partial charge >= 0.3 is 16.4 Å². The number of alkyl halides is 3. The summed E-state index contributed by atoms with van der Waals surface area (Å²) in [4.78, 5) is 12.6. The molecule has 17 heteroatoms. The molecule has 0 unspecified atom stereocenters. The number of nitrogens with one attached hydrogen (secondary N) is 1. The zero-order chi connectivity index (χ0) is 27.0. The summed E-state index contributed by atoms with van der Waals surface area (Å²) >= 11 is 0. The second-order valence-corrected chi connectivity index (χ2v) is 10.6. The van der Waals surface area contributed by atoms with Gasteiger partial charge in [0.05, 0.1) is 12.3 Å². The lowest BCUT2D eigenvalue weighted by molar-refractivity contribution is -0.140. The van der Waals surface area contributed by atoms with Crippen molar-refractivity contribution < 1.29 is 37.4 Å². The van der Waals surface area contributed by atoms with Crippen LogP contribution in [0.15, 0.2) is 29.4 Å². The number of carbonyl (C=O) groups is 1. The highest BCUT2D eigenvalue weighted by molar-refractivity contribution is 8.45. The molecule has 0 atom stereocenters. The summed E-state index contributed by atoms with van der Waals surface area (Å²) in [7, 11) is -10.2. The first-order valence-corrected chi connectivity index (χ1v) is 11.9. The predicted molar refractivity (Wildman–Crippen MR) is 110 cm³/mol. The van der Waals surface area contributed by atoms with Crippen molar-refractivity contribution in [1.82, 2.24) is 30.1 Å². The second-order valence-electron chi connectivity index (χ2n) is 8.32. The SMILES string of the molecule is Cc1ccc(-c2cn(-c3c(C(F)(F)F)c(S(F)(F)(F)(F)F)nn3C)nn2)cc1C(=O)NC1(C#N)CC1. The molecule has 0 radical (unpaired) electrons. The first-order valence-electron chi connectivity index (χ1n) is 9.90. The summed E-state index contributed by atoms with van der Waals surface area (Å²) < 4.78 is 108. The van der Waals surface area contributed by atoms with Crippen LogP contribution in [0.4, 0.5) is 32.6 Å². The summed E-state index contributed by atoms with van der Waals surface area (Å²) in [5.41, 5.74) is -3.12. The number of amides is 1. The second kappa shape index (κ2) is 6.96. The minimum absolute atomic E-state index is 0.0144. The number of benzene rings is 1. The molecular formula is C19H15F8N7OS. The van der Waals surface area contributed by atoms with Gasteiger partial charge in [-0.25, -0.2) is 9.36 Å². The fourth-order valence-electron chi connectivity index (χ4n) is 3.47. The Morgan fingerprint density at radius 3 is 2.36 bits per heavy atom. The van der Waals surface area contributed by atoms with Gasteiger partial charge in [-0.15, -0.1) is 5.10 Å².